The van der Waals surface area contributed by atoms with Gasteiger partial charge in [-0.05, 0) is 73.1 Å². The number of halogens is 4. The lowest BCUT2D eigenvalue weighted by atomic mass is 10.0. The van der Waals surface area contributed by atoms with E-state index >= 15 is 0 Å². The van der Waals surface area contributed by atoms with Crippen LogP contribution >= 0.6 is 51.7 Å². The summed E-state index contributed by atoms with van der Waals surface area (Å²) >= 11 is 10.9. The van der Waals surface area contributed by atoms with E-state index in [0.29, 0.717) is 22.3 Å². The van der Waals surface area contributed by atoms with Crippen LogP contribution in [0.3, 0.4) is 0 Å². The highest BCUT2D eigenvalue weighted by molar-refractivity contribution is 9.10. The summed E-state index contributed by atoms with van der Waals surface area (Å²) in [5.41, 5.74) is 2.81. The third-order valence-corrected chi connectivity index (χ3v) is 8.11. The molecule has 3 aromatic rings. The van der Waals surface area contributed by atoms with Gasteiger partial charge < -0.3 is 14.4 Å². The molecule has 0 saturated carbocycles. The first-order chi connectivity index (χ1) is 16.3. The number of aryl methyl sites for hydroxylation is 1. The van der Waals surface area contributed by atoms with Gasteiger partial charge in [0.05, 0.1) is 27.2 Å². The van der Waals surface area contributed by atoms with E-state index in [0.717, 1.165) is 53.0 Å². The third kappa shape index (κ3) is 5.93. The lowest BCUT2D eigenvalue weighted by molar-refractivity contribution is 0.0527. The van der Waals surface area contributed by atoms with Crippen LogP contribution in [0.25, 0.3) is 10.9 Å². The van der Waals surface area contributed by atoms with Crippen LogP contribution in [-0.4, -0.2) is 40.2 Å². The summed E-state index contributed by atoms with van der Waals surface area (Å²) in [6, 6.07) is 6.43. The van der Waals surface area contributed by atoms with Gasteiger partial charge in [0.25, 0.3) is 0 Å². The molecule has 0 radical (unpaired) electrons. The van der Waals surface area contributed by atoms with Gasteiger partial charge in [-0.3, -0.25) is 4.90 Å². The van der Waals surface area contributed by atoms with Crippen LogP contribution in [0, 0.1) is 5.82 Å². The van der Waals surface area contributed by atoms with Crippen LogP contribution in [0.15, 0.2) is 33.6 Å². The van der Waals surface area contributed by atoms with Crippen molar-refractivity contribution in [2.45, 2.75) is 43.4 Å². The number of likely N-dealkylation sites (tertiary alicyclic amines) is 1. The molecule has 4 rings (SSSR count). The fourth-order valence-corrected chi connectivity index (χ4v) is 6.19. The highest BCUT2D eigenvalue weighted by atomic mass is 79.9. The number of carbonyl (C=O) groups excluding carboxylic acids is 1. The van der Waals surface area contributed by atoms with Crippen LogP contribution in [0.4, 0.5) is 4.39 Å². The van der Waals surface area contributed by atoms with Gasteiger partial charge in [-0.25, -0.2) is 9.18 Å². The summed E-state index contributed by atoms with van der Waals surface area (Å²) in [5, 5.41) is 11.8. The number of aromatic nitrogens is 1. The Morgan fingerprint density at radius 3 is 2.63 bits per heavy atom. The quantitative estimate of drug-likeness (QED) is 0.226. The largest absolute Gasteiger partial charge is 0.506 e. The van der Waals surface area contributed by atoms with Crippen LogP contribution in [0.1, 0.15) is 47.8 Å². The van der Waals surface area contributed by atoms with Gasteiger partial charge in [-0.1, -0.05) is 18.0 Å². The molecule has 5 nitrogen and oxygen atoms in total. The van der Waals surface area contributed by atoms with Crippen LogP contribution in [0.2, 0.25) is 5.02 Å². The van der Waals surface area contributed by atoms with Crippen molar-refractivity contribution in [3.8, 4) is 5.75 Å². The smallest absolute Gasteiger partial charge is 0.340 e. The molecule has 1 aromatic heterocycles. The molecule has 2 aromatic carbocycles. The number of fused-ring (bicyclic) bond motifs is 1. The molecule has 35 heavy (non-hydrogen) atoms. The average molecular weight is 606 g/mol. The molecule has 190 valence electrons. The number of nitrogens with zero attached hydrogens (tertiary/aromatic N) is 2. The molecule has 0 bridgehead atoms. The summed E-state index contributed by atoms with van der Waals surface area (Å²) in [6.45, 7) is 4.50. The normalized spacial score (nSPS) is 14.2. The number of benzene rings is 2. The molecule has 1 N–H and O–H groups in total. The maximum Gasteiger partial charge on any atom is 0.340 e. The first-order valence-electron chi connectivity index (χ1n) is 11.3. The number of esters is 1. The second-order valence-electron chi connectivity index (χ2n) is 8.38. The second kappa shape index (κ2) is 12.2. The fourth-order valence-electron chi connectivity index (χ4n) is 4.48. The molecule has 1 fully saturated rings. The van der Waals surface area contributed by atoms with Crippen molar-refractivity contribution in [3.05, 3.63) is 56.4 Å². The van der Waals surface area contributed by atoms with Crippen LogP contribution < -0.4 is 0 Å². The molecule has 0 amide bonds. The minimum absolute atomic E-state index is 0. The zero-order chi connectivity index (χ0) is 24.4. The highest BCUT2D eigenvalue weighted by Gasteiger charge is 2.28. The van der Waals surface area contributed by atoms with E-state index in [-0.39, 0.29) is 29.8 Å². The van der Waals surface area contributed by atoms with Gasteiger partial charge >= 0.3 is 5.97 Å². The van der Waals surface area contributed by atoms with E-state index in [1.54, 1.807) is 19.1 Å². The first-order valence-corrected chi connectivity index (χ1v) is 13.5. The minimum Gasteiger partial charge on any atom is -0.506 e. The Morgan fingerprint density at radius 2 is 1.97 bits per heavy atom. The number of thioether (sulfide) groups is 1. The van der Waals surface area contributed by atoms with Crippen molar-refractivity contribution in [3.63, 3.8) is 0 Å². The van der Waals surface area contributed by atoms with E-state index in [1.807, 2.05) is 17.7 Å². The van der Waals surface area contributed by atoms with Crippen molar-refractivity contribution in [2.75, 3.05) is 19.7 Å². The standard InChI is InChI=1S/C25H27BrClFN2O3S.ClH/c1-3-33-25(32)23-21(14-34-15-7-8-19(28)18(27)11-15)29(2)20-12-17(26)24(31)16(22(20)23)13-30-9-5-4-6-10-30;/h7-8,11-12,31H,3-6,9-10,13-14H2,1-2H3;1H. The molecule has 0 spiro atoms. The number of carbonyl (C=O) groups is 1. The molecule has 1 saturated heterocycles. The number of phenols is 1. The lowest BCUT2D eigenvalue weighted by Crippen LogP contribution is -2.29. The molecular formula is C25H28BrCl2FN2O3S. The topological polar surface area (TPSA) is 54.7 Å². The van der Waals surface area contributed by atoms with Gasteiger partial charge in [0.15, 0.2) is 0 Å². The van der Waals surface area contributed by atoms with Gasteiger partial charge in [-0.15, -0.1) is 24.2 Å². The van der Waals surface area contributed by atoms with E-state index < -0.39 is 11.8 Å². The molecule has 1 aliphatic heterocycles. The highest BCUT2D eigenvalue weighted by Crippen LogP contribution is 2.41. The van der Waals surface area contributed by atoms with Gasteiger partial charge in [0, 0.05) is 40.9 Å². The number of rotatable bonds is 7. The zero-order valence-corrected chi connectivity index (χ0v) is 23.5. The number of hydrogen-bond acceptors (Lipinski definition) is 5. The monoisotopic (exact) mass is 604 g/mol. The maximum atomic E-state index is 13.6. The predicted molar refractivity (Wildman–Crippen MR) is 146 cm³/mol. The number of ether oxygens (including phenoxy) is 1. The Bertz CT molecular complexity index is 1230. The summed E-state index contributed by atoms with van der Waals surface area (Å²) in [5.74, 6) is -0.283. The Balaban J connectivity index is 0.00000342. The van der Waals surface area contributed by atoms with Crippen molar-refractivity contribution >= 4 is 68.6 Å². The van der Waals surface area contributed by atoms with E-state index in [1.165, 1.54) is 24.2 Å². The van der Waals surface area contributed by atoms with E-state index in [4.69, 9.17) is 16.3 Å². The fraction of sp³-hybridized carbons (Fsp3) is 0.400. The van der Waals surface area contributed by atoms with Crippen molar-refractivity contribution in [2.24, 2.45) is 7.05 Å². The summed E-state index contributed by atoms with van der Waals surface area (Å²) in [6.07, 6.45) is 3.46. The van der Waals surface area contributed by atoms with Crippen LogP contribution in [0.5, 0.6) is 5.75 Å². The Labute approximate surface area is 228 Å². The Hall–Kier alpha value is -1.45. The number of hydrogen-bond donors (Lipinski definition) is 1. The number of piperidine rings is 1. The molecule has 0 unspecified atom stereocenters. The third-order valence-electron chi connectivity index (χ3n) is 6.21. The van der Waals surface area contributed by atoms with Gasteiger partial charge in [0.1, 0.15) is 11.6 Å². The first kappa shape index (κ1) is 28.1. The van der Waals surface area contributed by atoms with E-state index in [2.05, 4.69) is 20.8 Å². The number of aromatic hydroxyl groups is 1. The summed E-state index contributed by atoms with van der Waals surface area (Å²) in [7, 11) is 1.91. The summed E-state index contributed by atoms with van der Waals surface area (Å²) < 4.78 is 21.6. The minimum atomic E-state index is -0.467. The maximum absolute atomic E-state index is 13.6. The van der Waals surface area contributed by atoms with Crippen LogP contribution in [-0.2, 0) is 24.1 Å². The lowest BCUT2D eigenvalue weighted by Gasteiger charge is -2.27. The Morgan fingerprint density at radius 1 is 1.26 bits per heavy atom. The SMILES string of the molecule is CCOC(=O)c1c(CSc2ccc(F)c(Cl)c2)n(C)c2cc(Br)c(O)c(CN3CCCCC3)c12.Cl. The molecule has 2 heterocycles. The van der Waals surface area contributed by atoms with Crippen molar-refractivity contribution < 1.29 is 19.0 Å². The average Bonchev–Trinajstić information content (AvgIpc) is 3.09. The molecular weight excluding hydrogens is 578 g/mol. The molecule has 1 aliphatic rings. The van der Waals surface area contributed by atoms with Gasteiger partial charge in [0.2, 0.25) is 0 Å². The Kier molecular flexibility index (Phi) is 9.80. The molecule has 10 heteroatoms. The number of phenolic OH excluding ortho intramolecular Hbond substituents is 1. The summed E-state index contributed by atoms with van der Waals surface area (Å²) in [4.78, 5) is 16.3. The van der Waals surface area contributed by atoms with E-state index in [9.17, 15) is 14.3 Å². The predicted octanol–water partition coefficient (Wildman–Crippen LogP) is 7.32. The second-order valence-corrected chi connectivity index (χ2v) is 10.7. The van der Waals surface area contributed by atoms with Crippen molar-refractivity contribution in [1.29, 1.82) is 0 Å². The zero-order valence-electron chi connectivity index (χ0n) is 19.6. The molecule has 0 aliphatic carbocycles. The van der Waals surface area contributed by atoms with Gasteiger partial charge in [-0.2, -0.15) is 0 Å². The molecule has 0 atom stereocenters. The van der Waals surface area contributed by atoms with Crippen molar-refractivity contribution in [1.82, 2.24) is 9.47 Å².